The van der Waals surface area contributed by atoms with Gasteiger partial charge in [0.1, 0.15) is 0 Å². The van der Waals surface area contributed by atoms with Gasteiger partial charge < -0.3 is 5.32 Å². The van der Waals surface area contributed by atoms with Gasteiger partial charge >= 0.3 is 0 Å². The Labute approximate surface area is 159 Å². The number of aromatic nitrogens is 2. The maximum Gasteiger partial charge on any atom is 0.236 e. The third-order valence-corrected chi connectivity index (χ3v) is 6.00. The lowest BCUT2D eigenvalue weighted by molar-refractivity contribution is -0.113. The molecule has 0 aliphatic carbocycles. The zero-order chi connectivity index (χ0) is 18.1. The van der Waals surface area contributed by atoms with Gasteiger partial charge in [-0.15, -0.1) is 11.8 Å². The Hall–Kier alpha value is -2.44. The highest BCUT2D eigenvalue weighted by Gasteiger charge is 2.11. The van der Waals surface area contributed by atoms with Gasteiger partial charge in [0.05, 0.1) is 21.5 Å². The molecule has 2 aromatic heterocycles. The number of rotatable bonds is 4. The zero-order valence-corrected chi connectivity index (χ0v) is 16.1. The molecule has 2 heterocycles. The number of pyridine rings is 1. The quantitative estimate of drug-likeness (QED) is 0.496. The highest BCUT2D eigenvalue weighted by atomic mass is 32.2. The third-order valence-electron chi connectivity index (χ3n) is 4.03. The highest BCUT2D eigenvalue weighted by molar-refractivity contribution is 8.00. The Morgan fingerprint density at radius 1 is 1.15 bits per heavy atom. The number of hydrogen-bond acceptors (Lipinski definition) is 5. The topological polar surface area (TPSA) is 54.9 Å². The summed E-state index contributed by atoms with van der Waals surface area (Å²) in [7, 11) is 0. The van der Waals surface area contributed by atoms with E-state index in [1.807, 2.05) is 37.3 Å². The lowest BCUT2D eigenvalue weighted by Gasteiger charge is -2.05. The first kappa shape index (κ1) is 17.0. The van der Waals surface area contributed by atoms with Crippen LogP contribution in [0.15, 0.2) is 53.6 Å². The van der Waals surface area contributed by atoms with Crippen LogP contribution in [-0.2, 0) is 4.79 Å². The van der Waals surface area contributed by atoms with Gasteiger partial charge in [-0.05, 0) is 43.2 Å². The maximum absolute atomic E-state index is 12.4. The molecule has 1 amide bonds. The lowest BCUT2D eigenvalue weighted by Crippen LogP contribution is -2.13. The number of nitrogens with one attached hydrogen (secondary N) is 1. The Kier molecular flexibility index (Phi) is 4.61. The second-order valence-corrected chi connectivity index (χ2v) is 8.16. The van der Waals surface area contributed by atoms with E-state index in [4.69, 9.17) is 0 Å². The van der Waals surface area contributed by atoms with Crippen LogP contribution in [0.25, 0.3) is 21.1 Å². The molecule has 0 aliphatic heterocycles. The second-order valence-electron chi connectivity index (χ2n) is 6.12. The van der Waals surface area contributed by atoms with E-state index in [1.54, 1.807) is 6.20 Å². The van der Waals surface area contributed by atoms with Crippen molar-refractivity contribution in [1.82, 2.24) is 9.97 Å². The minimum atomic E-state index is -0.0589. The van der Waals surface area contributed by atoms with Crippen LogP contribution in [0.2, 0.25) is 0 Å². The van der Waals surface area contributed by atoms with Gasteiger partial charge in [-0.1, -0.05) is 35.6 Å². The molecule has 130 valence electrons. The normalized spacial score (nSPS) is 11.2. The van der Waals surface area contributed by atoms with Crippen LogP contribution in [-0.4, -0.2) is 21.6 Å². The summed E-state index contributed by atoms with van der Waals surface area (Å²) in [4.78, 5) is 22.4. The van der Waals surface area contributed by atoms with Crippen molar-refractivity contribution in [3.8, 4) is 0 Å². The summed E-state index contributed by atoms with van der Waals surface area (Å²) in [6, 6.07) is 14.2. The lowest BCUT2D eigenvalue weighted by atomic mass is 10.1. The molecule has 4 aromatic rings. The average Bonchev–Trinajstić information content (AvgIpc) is 3.02. The molecule has 0 spiro atoms. The fraction of sp³-hybridized carbons (Fsp3) is 0.150. The Balaban J connectivity index is 1.48. The first-order valence-electron chi connectivity index (χ1n) is 8.24. The standard InChI is InChI=1S/C20H17N3OS2/c1-12-9-13(2)18-16(10-12)26-20(23-18)22-17(24)11-25-15-7-3-5-14-6-4-8-21-19(14)15/h3-10H,11H2,1-2H3,(H,22,23,24). The van der Waals surface area contributed by atoms with E-state index in [9.17, 15) is 4.79 Å². The molecule has 0 aliphatic rings. The Morgan fingerprint density at radius 2 is 2.00 bits per heavy atom. The number of thioether (sulfide) groups is 1. The summed E-state index contributed by atoms with van der Waals surface area (Å²) >= 11 is 3.01. The van der Waals surface area contributed by atoms with Crippen LogP contribution in [0.1, 0.15) is 11.1 Å². The number of thiazole rings is 1. The number of hydrogen-bond donors (Lipinski definition) is 1. The van der Waals surface area contributed by atoms with Crippen LogP contribution in [0.5, 0.6) is 0 Å². The predicted molar refractivity (Wildman–Crippen MR) is 110 cm³/mol. The molecule has 0 bridgehead atoms. The van der Waals surface area contributed by atoms with E-state index in [1.165, 1.54) is 28.7 Å². The Bertz CT molecular complexity index is 1120. The monoisotopic (exact) mass is 379 g/mol. The minimum Gasteiger partial charge on any atom is -0.301 e. The molecule has 0 unspecified atom stereocenters. The SMILES string of the molecule is Cc1cc(C)c2nc(NC(=O)CSc3cccc4cccnc34)sc2c1. The number of benzene rings is 2. The molecule has 0 saturated heterocycles. The molecule has 0 saturated carbocycles. The summed E-state index contributed by atoms with van der Waals surface area (Å²) in [5, 5.41) is 4.65. The van der Waals surface area contributed by atoms with Gasteiger partial charge in [-0.2, -0.15) is 0 Å². The number of carbonyl (C=O) groups excluding carboxylic acids is 1. The first-order valence-corrected chi connectivity index (χ1v) is 10.0. The third kappa shape index (κ3) is 3.43. The van der Waals surface area contributed by atoms with E-state index < -0.39 is 0 Å². The number of aryl methyl sites for hydroxylation is 2. The van der Waals surface area contributed by atoms with E-state index in [2.05, 4.69) is 34.3 Å². The van der Waals surface area contributed by atoms with E-state index in [0.29, 0.717) is 10.9 Å². The predicted octanol–water partition coefficient (Wildman–Crippen LogP) is 5.19. The van der Waals surface area contributed by atoms with Gasteiger partial charge in [-0.3, -0.25) is 9.78 Å². The Morgan fingerprint density at radius 3 is 2.88 bits per heavy atom. The van der Waals surface area contributed by atoms with Gasteiger partial charge in [0, 0.05) is 16.5 Å². The fourth-order valence-electron chi connectivity index (χ4n) is 2.92. The van der Waals surface area contributed by atoms with Crippen LogP contribution in [0, 0.1) is 13.8 Å². The minimum absolute atomic E-state index is 0.0589. The maximum atomic E-state index is 12.4. The molecule has 0 atom stereocenters. The largest absolute Gasteiger partial charge is 0.301 e. The van der Waals surface area contributed by atoms with E-state index in [-0.39, 0.29) is 5.91 Å². The number of nitrogens with zero attached hydrogens (tertiary/aromatic N) is 2. The molecule has 0 radical (unpaired) electrons. The fourth-order valence-corrected chi connectivity index (χ4v) is 4.81. The molecule has 4 rings (SSSR count). The van der Waals surface area contributed by atoms with Crippen molar-refractivity contribution in [2.24, 2.45) is 0 Å². The highest BCUT2D eigenvalue weighted by Crippen LogP contribution is 2.30. The van der Waals surface area contributed by atoms with Crippen molar-refractivity contribution in [1.29, 1.82) is 0 Å². The van der Waals surface area contributed by atoms with Gasteiger partial charge in [0.2, 0.25) is 5.91 Å². The van der Waals surface area contributed by atoms with Crippen LogP contribution in [0.3, 0.4) is 0 Å². The zero-order valence-electron chi connectivity index (χ0n) is 14.4. The van der Waals surface area contributed by atoms with Crippen molar-refractivity contribution in [3.05, 3.63) is 59.8 Å². The average molecular weight is 380 g/mol. The summed E-state index contributed by atoms with van der Waals surface area (Å²) < 4.78 is 1.10. The van der Waals surface area contributed by atoms with E-state index >= 15 is 0 Å². The molecule has 0 fully saturated rings. The molecule has 4 nitrogen and oxygen atoms in total. The summed E-state index contributed by atoms with van der Waals surface area (Å²) in [5.41, 5.74) is 4.23. The number of carbonyl (C=O) groups is 1. The molecule has 2 aromatic carbocycles. The molecular formula is C20H17N3OS2. The van der Waals surface area contributed by atoms with Gasteiger partial charge in [0.25, 0.3) is 0 Å². The van der Waals surface area contributed by atoms with E-state index in [0.717, 1.165) is 31.6 Å². The van der Waals surface area contributed by atoms with Crippen molar-refractivity contribution >= 4 is 55.3 Å². The number of para-hydroxylation sites is 1. The second kappa shape index (κ2) is 7.05. The van der Waals surface area contributed by atoms with Crippen molar-refractivity contribution < 1.29 is 4.79 Å². The van der Waals surface area contributed by atoms with Gasteiger partial charge in [-0.25, -0.2) is 4.98 Å². The molecule has 1 N–H and O–H groups in total. The number of amides is 1. The van der Waals surface area contributed by atoms with Crippen LogP contribution in [0.4, 0.5) is 5.13 Å². The number of fused-ring (bicyclic) bond motifs is 2. The van der Waals surface area contributed by atoms with Crippen molar-refractivity contribution in [2.45, 2.75) is 18.7 Å². The van der Waals surface area contributed by atoms with Gasteiger partial charge in [0.15, 0.2) is 5.13 Å². The number of anilines is 1. The molecule has 26 heavy (non-hydrogen) atoms. The van der Waals surface area contributed by atoms with Crippen LogP contribution >= 0.6 is 23.1 Å². The molecule has 6 heteroatoms. The first-order chi connectivity index (χ1) is 12.6. The summed E-state index contributed by atoms with van der Waals surface area (Å²) in [5.74, 6) is 0.264. The summed E-state index contributed by atoms with van der Waals surface area (Å²) in [6.45, 7) is 4.11. The molecular weight excluding hydrogens is 362 g/mol. The van der Waals surface area contributed by atoms with Crippen molar-refractivity contribution in [3.63, 3.8) is 0 Å². The summed E-state index contributed by atoms with van der Waals surface area (Å²) in [6.07, 6.45) is 1.78. The van der Waals surface area contributed by atoms with Crippen molar-refractivity contribution in [2.75, 3.05) is 11.1 Å². The van der Waals surface area contributed by atoms with Crippen LogP contribution < -0.4 is 5.32 Å². The smallest absolute Gasteiger partial charge is 0.236 e.